The molecule has 1 heterocycles. The second-order valence-corrected chi connectivity index (χ2v) is 6.58. The monoisotopic (exact) mass is 316 g/mol. The van der Waals surface area contributed by atoms with Gasteiger partial charge in [0.1, 0.15) is 6.04 Å². The number of likely N-dealkylation sites (tertiary alicyclic amines) is 1. The van der Waals surface area contributed by atoms with E-state index in [1.165, 1.54) is 6.42 Å². The van der Waals surface area contributed by atoms with Crippen molar-refractivity contribution in [2.75, 3.05) is 6.54 Å². The summed E-state index contributed by atoms with van der Waals surface area (Å²) in [4.78, 5) is 27.4. The van der Waals surface area contributed by atoms with Gasteiger partial charge in [-0.05, 0) is 44.2 Å². The summed E-state index contributed by atoms with van der Waals surface area (Å²) in [6.07, 6.45) is 4.13. The number of nitrogens with zero attached hydrogens (tertiary/aromatic N) is 1. The molecule has 1 aliphatic rings. The Balaban J connectivity index is 2.13. The van der Waals surface area contributed by atoms with E-state index in [0.29, 0.717) is 5.56 Å². The van der Waals surface area contributed by atoms with Gasteiger partial charge in [0.15, 0.2) is 0 Å². The van der Waals surface area contributed by atoms with Crippen LogP contribution in [0.1, 0.15) is 56.8 Å². The molecule has 126 valence electrons. The second-order valence-electron chi connectivity index (χ2n) is 6.58. The smallest absolute Gasteiger partial charge is 0.251 e. The lowest BCUT2D eigenvalue weighted by Crippen LogP contribution is -2.55. The number of amides is 2. The van der Waals surface area contributed by atoms with E-state index in [1.807, 2.05) is 30.0 Å². The zero-order valence-corrected chi connectivity index (χ0v) is 14.4. The molecule has 2 rings (SSSR count). The van der Waals surface area contributed by atoms with Crippen LogP contribution in [0.4, 0.5) is 0 Å². The highest BCUT2D eigenvalue weighted by molar-refractivity contribution is 5.97. The van der Waals surface area contributed by atoms with E-state index in [2.05, 4.69) is 19.2 Å². The van der Waals surface area contributed by atoms with Crippen LogP contribution in [0.5, 0.6) is 0 Å². The van der Waals surface area contributed by atoms with Gasteiger partial charge in [-0.25, -0.2) is 0 Å². The SMILES string of the molecule is CCC(C)C(NC(=O)c1ccccc1)C(=O)N1CCCCC1C. The Morgan fingerprint density at radius 1 is 1.26 bits per heavy atom. The largest absolute Gasteiger partial charge is 0.340 e. The van der Waals surface area contributed by atoms with E-state index in [4.69, 9.17) is 0 Å². The number of nitrogens with one attached hydrogen (secondary N) is 1. The van der Waals surface area contributed by atoms with Crippen LogP contribution in [-0.4, -0.2) is 35.3 Å². The van der Waals surface area contributed by atoms with Crippen LogP contribution >= 0.6 is 0 Å². The molecule has 23 heavy (non-hydrogen) atoms. The summed E-state index contributed by atoms with van der Waals surface area (Å²) >= 11 is 0. The van der Waals surface area contributed by atoms with Crippen molar-refractivity contribution < 1.29 is 9.59 Å². The van der Waals surface area contributed by atoms with E-state index in [0.717, 1.165) is 25.8 Å². The minimum Gasteiger partial charge on any atom is -0.340 e. The maximum absolute atomic E-state index is 13.0. The molecule has 0 radical (unpaired) electrons. The molecule has 0 aliphatic carbocycles. The van der Waals surface area contributed by atoms with Gasteiger partial charge < -0.3 is 10.2 Å². The zero-order chi connectivity index (χ0) is 16.8. The van der Waals surface area contributed by atoms with Crippen LogP contribution in [0, 0.1) is 5.92 Å². The third-order valence-electron chi connectivity index (χ3n) is 4.89. The Morgan fingerprint density at radius 2 is 1.96 bits per heavy atom. The molecule has 4 heteroatoms. The molecule has 1 saturated heterocycles. The minimum absolute atomic E-state index is 0.0656. The van der Waals surface area contributed by atoms with Crippen LogP contribution in [0.3, 0.4) is 0 Å². The molecule has 3 atom stereocenters. The van der Waals surface area contributed by atoms with E-state index in [-0.39, 0.29) is 23.8 Å². The summed E-state index contributed by atoms with van der Waals surface area (Å²) in [5.41, 5.74) is 0.597. The minimum atomic E-state index is -0.451. The van der Waals surface area contributed by atoms with Crippen molar-refractivity contribution in [2.45, 2.75) is 58.5 Å². The Labute approximate surface area is 139 Å². The van der Waals surface area contributed by atoms with Crippen LogP contribution in [0.2, 0.25) is 0 Å². The number of carbonyl (C=O) groups is 2. The van der Waals surface area contributed by atoms with Gasteiger partial charge >= 0.3 is 0 Å². The van der Waals surface area contributed by atoms with Crippen molar-refractivity contribution in [1.29, 1.82) is 0 Å². The van der Waals surface area contributed by atoms with Crippen molar-refractivity contribution in [3.63, 3.8) is 0 Å². The number of piperidine rings is 1. The van der Waals surface area contributed by atoms with Gasteiger partial charge in [-0.15, -0.1) is 0 Å². The summed E-state index contributed by atoms with van der Waals surface area (Å²) in [6.45, 7) is 6.99. The van der Waals surface area contributed by atoms with Gasteiger partial charge in [0.2, 0.25) is 5.91 Å². The maximum atomic E-state index is 13.0. The van der Waals surface area contributed by atoms with E-state index >= 15 is 0 Å². The molecular formula is C19H28N2O2. The molecule has 0 bridgehead atoms. The van der Waals surface area contributed by atoms with Crippen molar-refractivity contribution in [2.24, 2.45) is 5.92 Å². The van der Waals surface area contributed by atoms with Crippen molar-refractivity contribution in [3.8, 4) is 0 Å². The summed E-state index contributed by atoms with van der Waals surface area (Å²) in [7, 11) is 0. The Kier molecular flexibility index (Phi) is 6.20. The van der Waals surface area contributed by atoms with Crippen molar-refractivity contribution in [1.82, 2.24) is 10.2 Å². The van der Waals surface area contributed by atoms with E-state index in [9.17, 15) is 9.59 Å². The molecule has 0 spiro atoms. The lowest BCUT2D eigenvalue weighted by Gasteiger charge is -2.37. The van der Waals surface area contributed by atoms with Crippen molar-refractivity contribution >= 4 is 11.8 Å². The van der Waals surface area contributed by atoms with Crippen LogP contribution in [-0.2, 0) is 4.79 Å². The van der Waals surface area contributed by atoms with Crippen LogP contribution in [0.25, 0.3) is 0 Å². The first-order valence-electron chi connectivity index (χ1n) is 8.71. The van der Waals surface area contributed by atoms with Gasteiger partial charge in [-0.2, -0.15) is 0 Å². The molecule has 1 aliphatic heterocycles. The fourth-order valence-corrected chi connectivity index (χ4v) is 3.10. The summed E-state index contributed by atoms with van der Waals surface area (Å²) in [6, 6.07) is 8.91. The first-order chi connectivity index (χ1) is 11.0. The lowest BCUT2D eigenvalue weighted by atomic mass is 9.95. The Morgan fingerprint density at radius 3 is 2.57 bits per heavy atom. The highest BCUT2D eigenvalue weighted by Crippen LogP contribution is 2.20. The van der Waals surface area contributed by atoms with Crippen LogP contribution < -0.4 is 5.32 Å². The second kappa shape index (κ2) is 8.14. The quantitative estimate of drug-likeness (QED) is 0.906. The van der Waals surface area contributed by atoms with Gasteiger partial charge in [-0.1, -0.05) is 38.5 Å². The molecule has 3 unspecified atom stereocenters. The fraction of sp³-hybridized carbons (Fsp3) is 0.579. The van der Waals surface area contributed by atoms with Gasteiger partial charge in [-0.3, -0.25) is 9.59 Å². The van der Waals surface area contributed by atoms with E-state index in [1.54, 1.807) is 12.1 Å². The Bertz CT molecular complexity index is 529. The first kappa shape index (κ1) is 17.5. The average Bonchev–Trinajstić information content (AvgIpc) is 2.59. The number of benzene rings is 1. The molecule has 1 fully saturated rings. The fourth-order valence-electron chi connectivity index (χ4n) is 3.10. The predicted molar refractivity (Wildman–Crippen MR) is 92.2 cm³/mol. The molecule has 1 aromatic carbocycles. The molecule has 0 aromatic heterocycles. The maximum Gasteiger partial charge on any atom is 0.251 e. The number of hydrogen-bond donors (Lipinski definition) is 1. The summed E-state index contributed by atoms with van der Waals surface area (Å²) in [5.74, 6) is 0.00836. The molecule has 0 saturated carbocycles. The molecule has 1 aromatic rings. The third-order valence-corrected chi connectivity index (χ3v) is 4.89. The number of rotatable bonds is 5. The zero-order valence-electron chi connectivity index (χ0n) is 14.4. The average molecular weight is 316 g/mol. The third kappa shape index (κ3) is 4.34. The van der Waals surface area contributed by atoms with Crippen LogP contribution in [0.15, 0.2) is 30.3 Å². The van der Waals surface area contributed by atoms with Crippen molar-refractivity contribution in [3.05, 3.63) is 35.9 Å². The summed E-state index contributed by atoms with van der Waals surface area (Å²) in [5, 5.41) is 2.97. The van der Waals surface area contributed by atoms with Gasteiger partial charge in [0, 0.05) is 18.2 Å². The molecule has 4 nitrogen and oxygen atoms in total. The number of carbonyl (C=O) groups excluding carboxylic acids is 2. The predicted octanol–water partition coefficient (Wildman–Crippen LogP) is 3.23. The van der Waals surface area contributed by atoms with Gasteiger partial charge in [0.05, 0.1) is 0 Å². The first-order valence-corrected chi connectivity index (χ1v) is 8.71. The topological polar surface area (TPSA) is 49.4 Å². The number of hydrogen-bond acceptors (Lipinski definition) is 2. The Hall–Kier alpha value is -1.84. The normalized spacial score (nSPS) is 20.7. The molecular weight excluding hydrogens is 288 g/mol. The summed E-state index contributed by atoms with van der Waals surface area (Å²) < 4.78 is 0. The highest BCUT2D eigenvalue weighted by atomic mass is 16.2. The lowest BCUT2D eigenvalue weighted by molar-refractivity contribution is -0.137. The molecule has 1 N–H and O–H groups in total. The molecule has 2 amide bonds. The van der Waals surface area contributed by atoms with Gasteiger partial charge in [0.25, 0.3) is 5.91 Å². The highest BCUT2D eigenvalue weighted by Gasteiger charge is 2.33. The standard InChI is InChI=1S/C19H28N2O2/c1-4-14(2)17(19(23)21-13-9-8-10-15(21)3)20-18(22)16-11-6-5-7-12-16/h5-7,11-12,14-15,17H,4,8-10,13H2,1-3H3,(H,20,22). The van der Waals surface area contributed by atoms with E-state index < -0.39 is 6.04 Å².